The van der Waals surface area contributed by atoms with Crippen LogP contribution in [0.25, 0.3) is 0 Å². The Morgan fingerprint density at radius 3 is 3.00 bits per heavy atom. The second-order valence-corrected chi connectivity index (χ2v) is 6.12. The summed E-state index contributed by atoms with van der Waals surface area (Å²) in [6.07, 6.45) is 3.27. The summed E-state index contributed by atoms with van der Waals surface area (Å²) in [7, 11) is 0. The second kappa shape index (κ2) is 5.35. The predicted molar refractivity (Wildman–Crippen MR) is 80.0 cm³/mol. The number of ether oxygens (including phenoxy) is 1. The highest BCUT2D eigenvalue weighted by molar-refractivity contribution is 7.12. The molecule has 0 spiro atoms. The Morgan fingerprint density at radius 2 is 2.21 bits per heavy atom. The van der Waals surface area contributed by atoms with E-state index in [9.17, 15) is 0 Å². The summed E-state index contributed by atoms with van der Waals surface area (Å²) in [4.78, 5) is 2.61. The van der Waals surface area contributed by atoms with Gasteiger partial charge in [0.15, 0.2) is 0 Å². The molecule has 0 radical (unpaired) electrons. The minimum absolute atomic E-state index is 0.0710. The Balaban J connectivity index is 1.97. The monoisotopic (exact) mass is 273 g/mol. The fraction of sp³-hybridized carbons (Fsp3) is 0.375. The van der Waals surface area contributed by atoms with Crippen molar-refractivity contribution in [3.8, 4) is 5.75 Å². The molecule has 1 aliphatic rings. The van der Waals surface area contributed by atoms with Crippen LogP contribution in [0.1, 0.15) is 40.3 Å². The Bertz CT molecular complexity index is 576. The van der Waals surface area contributed by atoms with E-state index in [1.807, 2.05) is 0 Å². The molecule has 0 saturated heterocycles. The van der Waals surface area contributed by atoms with Crippen molar-refractivity contribution >= 4 is 11.3 Å². The summed E-state index contributed by atoms with van der Waals surface area (Å²) in [5.41, 5.74) is 8.86. The van der Waals surface area contributed by atoms with E-state index in [-0.39, 0.29) is 6.04 Å². The summed E-state index contributed by atoms with van der Waals surface area (Å²) in [5, 5.41) is 0. The molecule has 2 nitrogen and oxygen atoms in total. The fourth-order valence-corrected chi connectivity index (χ4v) is 3.54. The van der Waals surface area contributed by atoms with Crippen molar-refractivity contribution in [2.45, 2.75) is 32.2 Å². The first-order valence-corrected chi connectivity index (χ1v) is 7.70. The third kappa shape index (κ3) is 2.40. The largest absolute Gasteiger partial charge is 0.493 e. The average molecular weight is 273 g/mol. The van der Waals surface area contributed by atoms with Gasteiger partial charge in [0.2, 0.25) is 0 Å². The molecule has 19 heavy (non-hydrogen) atoms. The van der Waals surface area contributed by atoms with Crippen LogP contribution in [0.2, 0.25) is 0 Å². The van der Waals surface area contributed by atoms with Gasteiger partial charge < -0.3 is 10.5 Å². The molecular formula is C16H19NOS. The number of hydrogen-bond acceptors (Lipinski definition) is 3. The standard InChI is InChI=1S/C16H19NOS/c1-2-12-8-9-14(19-12)15(17)13-7-3-5-11-6-4-10-18-16(11)13/h3,5,7-9,15H,2,4,6,10,17H2,1H3. The van der Waals surface area contributed by atoms with E-state index in [4.69, 9.17) is 10.5 Å². The molecule has 1 atom stereocenters. The van der Waals surface area contributed by atoms with Crippen LogP contribution in [0, 0.1) is 0 Å². The Kier molecular flexibility index (Phi) is 3.58. The highest BCUT2D eigenvalue weighted by atomic mass is 32.1. The number of thiophene rings is 1. The lowest BCUT2D eigenvalue weighted by Crippen LogP contribution is -2.16. The van der Waals surface area contributed by atoms with E-state index < -0.39 is 0 Å². The van der Waals surface area contributed by atoms with E-state index >= 15 is 0 Å². The van der Waals surface area contributed by atoms with E-state index in [2.05, 4.69) is 37.3 Å². The van der Waals surface area contributed by atoms with Gasteiger partial charge in [0.1, 0.15) is 5.75 Å². The molecule has 1 aliphatic heterocycles. The van der Waals surface area contributed by atoms with E-state index in [1.54, 1.807) is 11.3 Å². The van der Waals surface area contributed by atoms with Crippen molar-refractivity contribution in [3.63, 3.8) is 0 Å². The maximum Gasteiger partial charge on any atom is 0.127 e. The third-order valence-electron chi connectivity index (χ3n) is 3.64. The van der Waals surface area contributed by atoms with Crippen LogP contribution in [0.15, 0.2) is 30.3 Å². The molecular weight excluding hydrogens is 254 g/mol. The van der Waals surface area contributed by atoms with Crippen LogP contribution in [0.3, 0.4) is 0 Å². The van der Waals surface area contributed by atoms with Gasteiger partial charge in [-0.05, 0) is 37.0 Å². The van der Waals surface area contributed by atoms with Crippen LogP contribution in [0.5, 0.6) is 5.75 Å². The number of aryl methyl sites for hydroxylation is 2. The normalized spacial score (nSPS) is 15.7. The Labute approximate surface area is 118 Å². The Hall–Kier alpha value is -1.32. The first-order valence-electron chi connectivity index (χ1n) is 6.88. The Morgan fingerprint density at radius 1 is 1.32 bits per heavy atom. The molecule has 2 heterocycles. The second-order valence-electron chi connectivity index (χ2n) is 4.92. The van der Waals surface area contributed by atoms with E-state index in [0.29, 0.717) is 0 Å². The van der Waals surface area contributed by atoms with Crippen molar-refractivity contribution in [1.29, 1.82) is 0 Å². The van der Waals surface area contributed by atoms with Gasteiger partial charge in [-0.2, -0.15) is 0 Å². The lowest BCUT2D eigenvalue weighted by atomic mass is 9.97. The summed E-state index contributed by atoms with van der Waals surface area (Å²) in [6.45, 7) is 2.98. The van der Waals surface area contributed by atoms with Gasteiger partial charge in [-0.3, -0.25) is 0 Å². The number of rotatable bonds is 3. The van der Waals surface area contributed by atoms with Crippen LogP contribution in [0.4, 0.5) is 0 Å². The van der Waals surface area contributed by atoms with E-state index in [0.717, 1.165) is 37.2 Å². The number of hydrogen-bond donors (Lipinski definition) is 1. The average Bonchev–Trinajstić information content (AvgIpc) is 2.95. The van der Waals surface area contributed by atoms with Crippen molar-refractivity contribution in [2.75, 3.05) is 6.61 Å². The smallest absolute Gasteiger partial charge is 0.127 e. The molecule has 0 bridgehead atoms. The first-order chi connectivity index (χ1) is 9.29. The van der Waals surface area contributed by atoms with Crippen LogP contribution in [-0.2, 0) is 12.8 Å². The van der Waals surface area contributed by atoms with Gasteiger partial charge in [-0.15, -0.1) is 11.3 Å². The fourth-order valence-electron chi connectivity index (χ4n) is 2.56. The number of benzene rings is 1. The first kappa shape index (κ1) is 12.7. The zero-order chi connectivity index (χ0) is 13.2. The van der Waals surface area contributed by atoms with Crippen molar-refractivity contribution in [3.05, 3.63) is 51.2 Å². The maximum atomic E-state index is 6.44. The van der Waals surface area contributed by atoms with Crippen molar-refractivity contribution in [1.82, 2.24) is 0 Å². The predicted octanol–water partition coefficient (Wildman–Crippen LogP) is 3.68. The maximum absolute atomic E-state index is 6.44. The summed E-state index contributed by atoms with van der Waals surface area (Å²) in [5.74, 6) is 1.02. The molecule has 3 heteroatoms. The van der Waals surface area contributed by atoms with Crippen LogP contribution >= 0.6 is 11.3 Å². The van der Waals surface area contributed by atoms with Crippen LogP contribution < -0.4 is 10.5 Å². The summed E-state index contributed by atoms with van der Waals surface area (Å²) in [6, 6.07) is 10.6. The van der Waals surface area contributed by atoms with Crippen LogP contribution in [-0.4, -0.2) is 6.61 Å². The molecule has 1 aromatic carbocycles. The van der Waals surface area contributed by atoms with Gasteiger partial charge in [0.25, 0.3) is 0 Å². The molecule has 0 fully saturated rings. The molecule has 1 aromatic heterocycles. The quantitative estimate of drug-likeness (QED) is 0.925. The zero-order valence-electron chi connectivity index (χ0n) is 11.2. The highest BCUT2D eigenvalue weighted by Crippen LogP contribution is 2.36. The number of para-hydroxylation sites is 1. The lowest BCUT2D eigenvalue weighted by molar-refractivity contribution is 0.284. The highest BCUT2D eigenvalue weighted by Gasteiger charge is 2.20. The SMILES string of the molecule is CCc1ccc(C(N)c2cccc3c2OCCC3)s1. The minimum Gasteiger partial charge on any atom is -0.493 e. The topological polar surface area (TPSA) is 35.2 Å². The molecule has 0 aliphatic carbocycles. The minimum atomic E-state index is -0.0710. The van der Waals surface area contributed by atoms with Crippen molar-refractivity contribution in [2.24, 2.45) is 5.73 Å². The van der Waals surface area contributed by atoms with Gasteiger partial charge in [0.05, 0.1) is 12.6 Å². The molecule has 0 amide bonds. The zero-order valence-corrected chi connectivity index (χ0v) is 12.0. The molecule has 2 N–H and O–H groups in total. The molecule has 1 unspecified atom stereocenters. The summed E-state index contributed by atoms with van der Waals surface area (Å²) < 4.78 is 5.85. The van der Waals surface area contributed by atoms with Gasteiger partial charge >= 0.3 is 0 Å². The van der Waals surface area contributed by atoms with E-state index in [1.165, 1.54) is 15.3 Å². The van der Waals surface area contributed by atoms with Gasteiger partial charge in [-0.1, -0.05) is 25.1 Å². The lowest BCUT2D eigenvalue weighted by Gasteiger charge is -2.22. The number of fused-ring (bicyclic) bond motifs is 1. The summed E-state index contributed by atoms with van der Waals surface area (Å²) >= 11 is 1.81. The van der Waals surface area contributed by atoms with Gasteiger partial charge in [0, 0.05) is 15.3 Å². The van der Waals surface area contributed by atoms with Gasteiger partial charge in [-0.25, -0.2) is 0 Å². The molecule has 3 rings (SSSR count). The molecule has 0 saturated carbocycles. The number of nitrogens with two attached hydrogens (primary N) is 1. The van der Waals surface area contributed by atoms with Crippen molar-refractivity contribution < 1.29 is 4.74 Å². The third-order valence-corrected chi connectivity index (χ3v) is 4.95. The molecule has 100 valence electrons. The molecule has 2 aromatic rings.